The summed E-state index contributed by atoms with van der Waals surface area (Å²) in [6.45, 7) is 5.63. The van der Waals surface area contributed by atoms with Gasteiger partial charge in [0.2, 0.25) is 0 Å². The van der Waals surface area contributed by atoms with E-state index in [0.29, 0.717) is 19.6 Å². The molecule has 146 valence electrons. The lowest BCUT2D eigenvalue weighted by Gasteiger charge is -2.28. The number of rotatable bonds is 5. The summed E-state index contributed by atoms with van der Waals surface area (Å²) in [5, 5.41) is 6.05. The zero-order valence-electron chi connectivity index (χ0n) is 15.0. The molecule has 1 aromatic heterocycles. The average Bonchev–Trinajstić information content (AvgIpc) is 3.21. The van der Waals surface area contributed by atoms with Gasteiger partial charge >= 0.3 is 6.09 Å². The Hall–Kier alpha value is -2.46. The van der Waals surface area contributed by atoms with Crippen LogP contribution in [0.5, 0.6) is 0 Å². The summed E-state index contributed by atoms with van der Waals surface area (Å²) >= 11 is 0. The normalized spacial score (nSPS) is 25.6. The molecule has 2 amide bonds. The molecule has 4 rings (SSSR count). The molecular formula is C17H23N5O5. The van der Waals surface area contributed by atoms with Gasteiger partial charge in [-0.05, 0) is 12.5 Å². The summed E-state index contributed by atoms with van der Waals surface area (Å²) in [7, 11) is 0. The molecule has 3 saturated heterocycles. The molecule has 3 aliphatic heterocycles. The van der Waals surface area contributed by atoms with Crippen LogP contribution in [0.2, 0.25) is 0 Å². The molecule has 0 bridgehead atoms. The van der Waals surface area contributed by atoms with E-state index in [1.165, 1.54) is 12.1 Å². The fourth-order valence-electron chi connectivity index (χ4n) is 3.84. The molecule has 10 nitrogen and oxygen atoms in total. The van der Waals surface area contributed by atoms with Crippen LogP contribution in [0.4, 0.5) is 4.79 Å². The molecule has 1 aromatic rings. The van der Waals surface area contributed by atoms with Crippen LogP contribution < -0.4 is 5.56 Å². The molecule has 3 fully saturated rings. The lowest BCUT2D eigenvalue weighted by molar-refractivity contribution is 0.0362. The third-order valence-electron chi connectivity index (χ3n) is 5.29. The summed E-state index contributed by atoms with van der Waals surface area (Å²) in [5.41, 5.74) is -0.176. The van der Waals surface area contributed by atoms with Crippen LogP contribution >= 0.6 is 0 Å². The van der Waals surface area contributed by atoms with E-state index in [4.69, 9.17) is 9.47 Å². The van der Waals surface area contributed by atoms with Gasteiger partial charge in [-0.25, -0.2) is 9.89 Å². The highest BCUT2D eigenvalue weighted by Gasteiger charge is 2.48. The van der Waals surface area contributed by atoms with Crippen molar-refractivity contribution in [2.24, 2.45) is 0 Å². The second-order valence-corrected chi connectivity index (χ2v) is 7.01. The van der Waals surface area contributed by atoms with Crippen molar-refractivity contribution in [1.29, 1.82) is 0 Å². The Morgan fingerprint density at radius 2 is 2.00 bits per heavy atom. The lowest BCUT2D eigenvalue weighted by atomic mass is 10.2. The summed E-state index contributed by atoms with van der Waals surface area (Å²) in [6, 6.07) is 2.55. The Labute approximate surface area is 156 Å². The highest BCUT2D eigenvalue weighted by molar-refractivity contribution is 5.92. The predicted octanol–water partition coefficient (Wildman–Crippen LogP) is -0.863. The maximum absolute atomic E-state index is 12.6. The van der Waals surface area contributed by atoms with Crippen molar-refractivity contribution in [2.75, 3.05) is 52.5 Å². The average molecular weight is 377 g/mol. The second-order valence-electron chi connectivity index (χ2n) is 7.01. The minimum atomic E-state index is -0.356. The van der Waals surface area contributed by atoms with Crippen molar-refractivity contribution in [2.45, 2.75) is 18.6 Å². The third kappa shape index (κ3) is 3.81. The molecule has 0 aliphatic carbocycles. The van der Waals surface area contributed by atoms with E-state index in [1.807, 2.05) is 0 Å². The number of H-pyrrole nitrogens is 1. The number of carbonyl (C=O) groups is 2. The first kappa shape index (κ1) is 17.9. The number of hydrogen-bond donors (Lipinski definition) is 1. The van der Waals surface area contributed by atoms with Crippen molar-refractivity contribution in [3.63, 3.8) is 0 Å². The molecule has 2 atom stereocenters. The number of aromatic amines is 1. The van der Waals surface area contributed by atoms with Crippen LogP contribution in [0.15, 0.2) is 16.9 Å². The summed E-state index contributed by atoms with van der Waals surface area (Å²) in [6.07, 6.45) is 0.238. The van der Waals surface area contributed by atoms with E-state index in [0.717, 1.165) is 39.3 Å². The fourth-order valence-corrected chi connectivity index (χ4v) is 3.84. The van der Waals surface area contributed by atoms with Crippen molar-refractivity contribution in [3.8, 4) is 0 Å². The lowest BCUT2D eigenvalue weighted by Crippen LogP contribution is -2.42. The predicted molar refractivity (Wildman–Crippen MR) is 93.4 cm³/mol. The molecule has 27 heavy (non-hydrogen) atoms. The number of nitrogens with zero attached hydrogens (tertiary/aromatic N) is 4. The smallest absolute Gasteiger partial charge is 0.410 e. The van der Waals surface area contributed by atoms with Crippen LogP contribution in [0.1, 0.15) is 16.9 Å². The van der Waals surface area contributed by atoms with Gasteiger partial charge in [0, 0.05) is 38.8 Å². The van der Waals surface area contributed by atoms with Crippen molar-refractivity contribution >= 4 is 12.0 Å². The van der Waals surface area contributed by atoms with Crippen molar-refractivity contribution in [1.82, 2.24) is 24.9 Å². The Bertz CT molecular complexity index is 742. The van der Waals surface area contributed by atoms with E-state index in [1.54, 1.807) is 9.80 Å². The van der Waals surface area contributed by atoms with Gasteiger partial charge in [-0.15, -0.1) is 0 Å². The quantitative estimate of drug-likeness (QED) is 0.711. The van der Waals surface area contributed by atoms with E-state index in [-0.39, 0.29) is 35.4 Å². The van der Waals surface area contributed by atoms with Crippen LogP contribution in [0, 0.1) is 0 Å². The fraction of sp³-hybridized carbons (Fsp3) is 0.647. The number of ether oxygens (including phenoxy) is 2. The minimum Gasteiger partial charge on any atom is -0.442 e. The maximum atomic E-state index is 12.6. The Morgan fingerprint density at radius 1 is 1.19 bits per heavy atom. The largest absolute Gasteiger partial charge is 0.442 e. The van der Waals surface area contributed by atoms with Gasteiger partial charge in [0.1, 0.15) is 11.8 Å². The first-order valence-corrected chi connectivity index (χ1v) is 9.24. The van der Waals surface area contributed by atoms with Gasteiger partial charge in [-0.2, -0.15) is 5.10 Å². The van der Waals surface area contributed by atoms with E-state index in [2.05, 4.69) is 15.1 Å². The molecule has 10 heteroatoms. The molecule has 0 unspecified atom stereocenters. The summed E-state index contributed by atoms with van der Waals surface area (Å²) < 4.78 is 10.8. The van der Waals surface area contributed by atoms with Crippen LogP contribution in [0.25, 0.3) is 0 Å². The molecule has 4 heterocycles. The monoisotopic (exact) mass is 377 g/mol. The number of aromatic nitrogens is 2. The molecule has 0 saturated carbocycles. The molecular weight excluding hydrogens is 354 g/mol. The molecule has 3 aliphatic rings. The number of likely N-dealkylation sites (tertiary alicyclic amines) is 1. The molecule has 0 radical (unpaired) electrons. The van der Waals surface area contributed by atoms with Gasteiger partial charge in [0.05, 0.1) is 25.8 Å². The number of carbonyl (C=O) groups excluding carboxylic acids is 2. The maximum Gasteiger partial charge on any atom is 0.410 e. The van der Waals surface area contributed by atoms with E-state index in [9.17, 15) is 14.4 Å². The van der Waals surface area contributed by atoms with Crippen molar-refractivity contribution in [3.05, 3.63) is 28.2 Å². The zero-order valence-corrected chi connectivity index (χ0v) is 15.0. The second kappa shape index (κ2) is 7.65. The first-order valence-electron chi connectivity index (χ1n) is 9.24. The number of nitrogens with one attached hydrogen (secondary N) is 1. The summed E-state index contributed by atoms with van der Waals surface area (Å²) in [5.74, 6) is -0.273. The van der Waals surface area contributed by atoms with Gasteiger partial charge < -0.3 is 14.4 Å². The van der Waals surface area contributed by atoms with Crippen LogP contribution in [-0.4, -0.2) is 102 Å². The van der Waals surface area contributed by atoms with Gasteiger partial charge in [0.25, 0.3) is 11.5 Å². The zero-order chi connectivity index (χ0) is 18.8. The Morgan fingerprint density at radius 3 is 2.74 bits per heavy atom. The number of amides is 2. The number of hydrogen-bond acceptors (Lipinski definition) is 7. The van der Waals surface area contributed by atoms with Crippen LogP contribution in [0.3, 0.4) is 0 Å². The van der Waals surface area contributed by atoms with E-state index >= 15 is 0 Å². The molecule has 0 spiro atoms. The highest BCUT2D eigenvalue weighted by Crippen LogP contribution is 2.27. The van der Waals surface area contributed by atoms with E-state index < -0.39 is 0 Å². The third-order valence-corrected chi connectivity index (χ3v) is 5.29. The molecule has 0 aromatic carbocycles. The SMILES string of the molecule is O=C(c1ccc(=O)[nH]n1)N1C[C@@H]2OC(=O)N(CCCN3CCOCC3)[C@@H]2C1. The summed E-state index contributed by atoms with van der Waals surface area (Å²) in [4.78, 5) is 41.5. The van der Waals surface area contributed by atoms with Gasteiger partial charge in [-0.1, -0.05) is 0 Å². The Kier molecular flexibility index (Phi) is 5.08. The van der Waals surface area contributed by atoms with Crippen molar-refractivity contribution < 1.29 is 19.1 Å². The van der Waals surface area contributed by atoms with Gasteiger partial charge in [0.15, 0.2) is 0 Å². The number of morpholine rings is 1. The topological polar surface area (TPSA) is 108 Å². The molecule has 1 N–H and O–H groups in total. The minimum absolute atomic E-state index is 0.131. The first-order chi connectivity index (χ1) is 13.1. The Balaban J connectivity index is 1.33. The standard InChI is InChI=1S/C17H23N5O5/c23-15-3-2-12(18-19-15)16(24)21-10-13-14(11-21)27-17(25)22(13)5-1-4-20-6-8-26-9-7-20/h2-3,13-14H,1,4-11H2,(H,19,23)/t13-,14+/m1/s1. The van der Waals surface area contributed by atoms with Crippen LogP contribution in [-0.2, 0) is 9.47 Å². The highest BCUT2D eigenvalue weighted by atomic mass is 16.6. The van der Waals surface area contributed by atoms with Gasteiger partial charge in [-0.3, -0.25) is 19.4 Å². The number of fused-ring (bicyclic) bond motifs is 1.